The van der Waals surface area contributed by atoms with E-state index >= 15 is 0 Å². The summed E-state index contributed by atoms with van der Waals surface area (Å²) in [5.74, 6) is -0.0816. The van der Waals surface area contributed by atoms with Crippen LogP contribution in [0.5, 0.6) is 5.75 Å². The van der Waals surface area contributed by atoms with Crippen LogP contribution >= 0.6 is 0 Å². The molecule has 1 heterocycles. The number of rotatable bonds is 4. The largest absolute Gasteiger partial charge is 0.496 e. The number of aryl methyl sites for hydroxylation is 1. The number of hydrazine groups is 2. The van der Waals surface area contributed by atoms with Crippen molar-refractivity contribution in [1.82, 2.24) is 21.7 Å². The van der Waals surface area contributed by atoms with Crippen LogP contribution in [-0.2, 0) is 4.79 Å². The van der Waals surface area contributed by atoms with Gasteiger partial charge in [-0.1, -0.05) is 36.4 Å². The molecule has 2 amide bonds. The van der Waals surface area contributed by atoms with Gasteiger partial charge in [-0.15, -0.1) is 0 Å². The topological polar surface area (TPSA) is 91.5 Å². The van der Waals surface area contributed by atoms with Crippen molar-refractivity contribution in [3.63, 3.8) is 0 Å². The number of carbonyl (C=O) groups excluding carboxylic acids is 2. The zero-order valence-corrected chi connectivity index (χ0v) is 14.7. The quantitative estimate of drug-likeness (QED) is 0.623. The van der Waals surface area contributed by atoms with Crippen LogP contribution < -0.4 is 26.4 Å². The molecular formula is C19H22N4O3. The maximum absolute atomic E-state index is 12.3. The lowest BCUT2D eigenvalue weighted by molar-refractivity contribution is -0.123. The normalized spacial score (nSPS) is 19.0. The summed E-state index contributed by atoms with van der Waals surface area (Å²) in [5.41, 5.74) is 13.4. The molecule has 136 valence electrons. The van der Waals surface area contributed by atoms with Crippen molar-refractivity contribution in [2.45, 2.75) is 25.4 Å². The van der Waals surface area contributed by atoms with E-state index in [2.05, 4.69) is 21.7 Å². The number of nitrogens with one attached hydrogen (secondary N) is 4. The smallest absolute Gasteiger partial charge is 0.269 e. The highest BCUT2D eigenvalue weighted by Crippen LogP contribution is 2.22. The summed E-state index contributed by atoms with van der Waals surface area (Å²) in [6.07, 6.45) is 0.587. The van der Waals surface area contributed by atoms with Crippen molar-refractivity contribution in [3.8, 4) is 5.75 Å². The number of hydrogen-bond acceptors (Lipinski definition) is 5. The first-order valence-corrected chi connectivity index (χ1v) is 8.39. The lowest BCUT2D eigenvalue weighted by Crippen LogP contribution is -2.50. The molecule has 2 aromatic rings. The number of carbonyl (C=O) groups is 2. The molecule has 7 nitrogen and oxygen atoms in total. The van der Waals surface area contributed by atoms with Crippen LogP contribution in [0.1, 0.15) is 33.9 Å². The van der Waals surface area contributed by atoms with Gasteiger partial charge in [-0.3, -0.25) is 20.4 Å². The molecule has 26 heavy (non-hydrogen) atoms. The molecule has 0 radical (unpaired) electrons. The Balaban J connectivity index is 1.53. The Labute approximate surface area is 152 Å². The minimum Gasteiger partial charge on any atom is -0.496 e. The molecule has 2 aromatic carbocycles. The van der Waals surface area contributed by atoms with Gasteiger partial charge in [-0.25, -0.2) is 10.9 Å². The first-order chi connectivity index (χ1) is 12.6. The maximum Gasteiger partial charge on any atom is 0.269 e. The number of hydrogen-bond donors (Lipinski definition) is 4. The molecule has 1 aliphatic rings. The molecule has 3 rings (SSSR count). The van der Waals surface area contributed by atoms with Gasteiger partial charge in [0.15, 0.2) is 0 Å². The Morgan fingerprint density at radius 3 is 2.58 bits per heavy atom. The summed E-state index contributed by atoms with van der Waals surface area (Å²) in [6, 6.07) is 14.6. The van der Waals surface area contributed by atoms with Gasteiger partial charge in [0, 0.05) is 11.6 Å². The lowest BCUT2D eigenvalue weighted by Gasteiger charge is -2.12. The van der Waals surface area contributed by atoms with Crippen molar-refractivity contribution in [2.75, 3.05) is 7.11 Å². The summed E-state index contributed by atoms with van der Waals surface area (Å²) < 4.78 is 5.21. The Hall–Kier alpha value is -2.90. The third-order valence-corrected chi connectivity index (χ3v) is 4.39. The molecule has 2 unspecified atom stereocenters. The number of amides is 2. The zero-order chi connectivity index (χ0) is 18.5. The molecule has 0 aliphatic carbocycles. The summed E-state index contributed by atoms with van der Waals surface area (Å²) >= 11 is 0. The van der Waals surface area contributed by atoms with Gasteiger partial charge in [0.25, 0.3) is 11.8 Å². The molecule has 1 aliphatic heterocycles. The fourth-order valence-electron chi connectivity index (χ4n) is 2.87. The van der Waals surface area contributed by atoms with Crippen LogP contribution in [0, 0.1) is 6.92 Å². The van der Waals surface area contributed by atoms with E-state index in [0.717, 1.165) is 11.1 Å². The number of ether oxygens (including phenoxy) is 1. The van der Waals surface area contributed by atoms with E-state index in [1.165, 1.54) is 0 Å². The second kappa shape index (κ2) is 7.99. The fraction of sp³-hybridized carbons (Fsp3) is 0.263. The van der Waals surface area contributed by atoms with Crippen LogP contribution in [0.2, 0.25) is 0 Å². The second-order valence-electron chi connectivity index (χ2n) is 6.17. The van der Waals surface area contributed by atoms with Gasteiger partial charge in [0.2, 0.25) is 0 Å². The van der Waals surface area contributed by atoms with Crippen molar-refractivity contribution in [1.29, 1.82) is 0 Å². The number of benzene rings is 2. The molecule has 1 fully saturated rings. The monoisotopic (exact) mass is 354 g/mol. The summed E-state index contributed by atoms with van der Waals surface area (Å²) in [7, 11) is 1.55. The van der Waals surface area contributed by atoms with E-state index in [0.29, 0.717) is 17.7 Å². The van der Waals surface area contributed by atoms with Crippen LogP contribution in [0.15, 0.2) is 48.5 Å². The minimum atomic E-state index is -0.437. The van der Waals surface area contributed by atoms with Gasteiger partial charge in [-0.2, -0.15) is 0 Å². The van der Waals surface area contributed by atoms with Crippen LogP contribution in [0.3, 0.4) is 0 Å². The first kappa shape index (κ1) is 17.9. The summed E-state index contributed by atoms with van der Waals surface area (Å²) in [6.45, 7) is 1.89. The highest BCUT2D eigenvalue weighted by atomic mass is 16.5. The average Bonchev–Trinajstić information content (AvgIpc) is 3.17. The van der Waals surface area contributed by atoms with Gasteiger partial charge in [0.05, 0.1) is 7.11 Å². The highest BCUT2D eigenvalue weighted by molar-refractivity contribution is 5.96. The molecular weight excluding hydrogens is 332 g/mol. The predicted octanol–water partition coefficient (Wildman–Crippen LogP) is 1.37. The maximum atomic E-state index is 12.3. The molecule has 0 bridgehead atoms. The van der Waals surface area contributed by atoms with Crippen LogP contribution in [-0.4, -0.2) is 25.0 Å². The van der Waals surface area contributed by atoms with E-state index in [4.69, 9.17) is 4.74 Å². The van der Waals surface area contributed by atoms with Crippen molar-refractivity contribution >= 4 is 11.8 Å². The molecule has 0 saturated carbocycles. The SMILES string of the molecule is COc1cc(C(=O)NNC(=O)C2CC(c3ccccc3)NN2)ccc1C. The Kier molecular flexibility index (Phi) is 5.50. The first-order valence-electron chi connectivity index (χ1n) is 8.39. The van der Waals surface area contributed by atoms with Crippen molar-refractivity contribution in [3.05, 3.63) is 65.2 Å². The molecule has 7 heteroatoms. The standard InChI is InChI=1S/C19H22N4O3/c1-12-8-9-14(10-17(12)26-2)18(24)22-23-19(25)16-11-15(20-21-16)13-6-4-3-5-7-13/h3-10,15-16,20-21H,11H2,1-2H3,(H,22,24)(H,23,25). The summed E-state index contributed by atoms with van der Waals surface area (Å²) in [4.78, 5) is 24.5. The lowest BCUT2D eigenvalue weighted by atomic mass is 10.0. The van der Waals surface area contributed by atoms with Crippen molar-refractivity contribution in [2.24, 2.45) is 0 Å². The molecule has 1 saturated heterocycles. The molecule has 0 aromatic heterocycles. The molecule has 2 atom stereocenters. The van der Waals surface area contributed by atoms with Crippen LogP contribution in [0.25, 0.3) is 0 Å². The summed E-state index contributed by atoms with van der Waals surface area (Å²) in [5, 5.41) is 0. The Morgan fingerprint density at radius 2 is 1.85 bits per heavy atom. The second-order valence-corrected chi connectivity index (χ2v) is 6.17. The predicted molar refractivity (Wildman–Crippen MR) is 97.2 cm³/mol. The van der Waals surface area contributed by atoms with E-state index in [1.54, 1.807) is 25.3 Å². The van der Waals surface area contributed by atoms with E-state index in [-0.39, 0.29) is 11.9 Å². The van der Waals surface area contributed by atoms with E-state index in [9.17, 15) is 9.59 Å². The third-order valence-electron chi connectivity index (χ3n) is 4.39. The molecule has 0 spiro atoms. The zero-order valence-electron chi connectivity index (χ0n) is 14.7. The van der Waals surface area contributed by atoms with Gasteiger partial charge in [0.1, 0.15) is 11.8 Å². The Morgan fingerprint density at radius 1 is 1.08 bits per heavy atom. The van der Waals surface area contributed by atoms with E-state index in [1.807, 2.05) is 37.3 Å². The van der Waals surface area contributed by atoms with Gasteiger partial charge < -0.3 is 4.74 Å². The fourth-order valence-corrected chi connectivity index (χ4v) is 2.87. The molecule has 4 N–H and O–H groups in total. The van der Waals surface area contributed by atoms with Gasteiger partial charge >= 0.3 is 0 Å². The van der Waals surface area contributed by atoms with Gasteiger partial charge in [-0.05, 0) is 36.6 Å². The third kappa shape index (κ3) is 4.01. The highest BCUT2D eigenvalue weighted by Gasteiger charge is 2.30. The minimum absolute atomic E-state index is 0.0454. The Bertz CT molecular complexity index is 795. The van der Waals surface area contributed by atoms with Crippen molar-refractivity contribution < 1.29 is 14.3 Å². The number of methoxy groups -OCH3 is 1. The average molecular weight is 354 g/mol. The van der Waals surface area contributed by atoms with Crippen LogP contribution in [0.4, 0.5) is 0 Å². The van der Waals surface area contributed by atoms with E-state index < -0.39 is 11.9 Å².